The molecule has 0 saturated heterocycles. The Hall–Kier alpha value is -3.06. The van der Waals surface area contributed by atoms with Crippen LogP contribution in [0.4, 0.5) is 5.95 Å². The number of para-hydroxylation sites is 1. The molecule has 4 aromatic rings. The highest BCUT2D eigenvalue weighted by Gasteiger charge is 2.13. The fourth-order valence-corrected chi connectivity index (χ4v) is 3.34. The summed E-state index contributed by atoms with van der Waals surface area (Å²) in [4.78, 5) is 4.59. The van der Waals surface area contributed by atoms with Gasteiger partial charge in [0.05, 0.1) is 11.7 Å². The average Bonchev–Trinajstić information content (AvgIpc) is 3.01. The van der Waals surface area contributed by atoms with E-state index in [0.29, 0.717) is 5.95 Å². The first-order chi connectivity index (χ1) is 13.3. The van der Waals surface area contributed by atoms with Gasteiger partial charge in [0.15, 0.2) is 5.65 Å². The van der Waals surface area contributed by atoms with E-state index < -0.39 is 0 Å². The molecule has 0 fully saturated rings. The Morgan fingerprint density at radius 1 is 1.11 bits per heavy atom. The normalized spacial score (nSPS) is 12.3. The van der Waals surface area contributed by atoms with Gasteiger partial charge in [-0.15, -0.1) is 10.2 Å². The maximum atomic E-state index is 4.59. The van der Waals surface area contributed by atoms with Crippen molar-refractivity contribution in [2.75, 3.05) is 5.43 Å². The molecule has 0 amide bonds. The van der Waals surface area contributed by atoms with Gasteiger partial charge in [-0.3, -0.25) is 0 Å². The Morgan fingerprint density at radius 2 is 1.89 bits per heavy atom. The van der Waals surface area contributed by atoms with Gasteiger partial charge in [-0.05, 0) is 40.6 Å². The lowest BCUT2D eigenvalue weighted by Gasteiger charge is -2.02. The minimum absolute atomic E-state index is 0.358. The average molecular weight is 421 g/mol. The lowest BCUT2D eigenvalue weighted by molar-refractivity contribution is 0.811. The summed E-state index contributed by atoms with van der Waals surface area (Å²) in [5, 5.41) is 13.7. The quantitative estimate of drug-likeness (QED) is 0.370. The Bertz CT molecular complexity index is 1150. The van der Waals surface area contributed by atoms with Gasteiger partial charge in [-0.2, -0.15) is 10.1 Å². The molecule has 4 rings (SSSR count). The van der Waals surface area contributed by atoms with Gasteiger partial charge in [0, 0.05) is 16.4 Å². The largest absolute Gasteiger partial charge is 0.324 e. The van der Waals surface area contributed by atoms with Crippen molar-refractivity contribution in [3.8, 4) is 0 Å². The number of hydrazone groups is 1. The molecule has 0 radical (unpaired) electrons. The first kappa shape index (κ1) is 17.4. The first-order valence-corrected chi connectivity index (χ1v) is 9.38. The minimum atomic E-state index is 0.358. The van der Waals surface area contributed by atoms with Gasteiger partial charge in [0.2, 0.25) is 0 Å². The predicted molar refractivity (Wildman–Crippen MR) is 114 cm³/mol. The van der Waals surface area contributed by atoms with Crippen molar-refractivity contribution in [2.45, 2.75) is 13.5 Å². The van der Waals surface area contributed by atoms with Crippen LogP contribution in [0.25, 0.3) is 28.1 Å². The zero-order chi connectivity index (χ0) is 18.6. The van der Waals surface area contributed by atoms with Crippen LogP contribution in [0.3, 0.4) is 0 Å². The van der Waals surface area contributed by atoms with Crippen LogP contribution in [0.15, 0.2) is 64.2 Å². The number of rotatable bonds is 5. The molecule has 0 atom stereocenters. The summed E-state index contributed by atoms with van der Waals surface area (Å²) in [5.74, 6) is 0.358. The molecule has 1 N–H and O–H groups in total. The summed E-state index contributed by atoms with van der Waals surface area (Å²) in [6.45, 7) is 2.89. The zero-order valence-corrected chi connectivity index (χ0v) is 16.3. The van der Waals surface area contributed by atoms with Crippen molar-refractivity contribution < 1.29 is 0 Å². The van der Waals surface area contributed by atoms with Gasteiger partial charge in [0.1, 0.15) is 5.52 Å². The van der Waals surface area contributed by atoms with Crippen LogP contribution in [-0.4, -0.2) is 26.0 Å². The zero-order valence-electron chi connectivity index (χ0n) is 14.7. The molecule has 0 saturated carbocycles. The number of hydrogen-bond donors (Lipinski definition) is 1. The van der Waals surface area contributed by atoms with Crippen LogP contribution < -0.4 is 5.43 Å². The van der Waals surface area contributed by atoms with E-state index >= 15 is 0 Å². The molecule has 0 aliphatic rings. The number of aryl methyl sites for hydroxylation is 1. The second kappa shape index (κ2) is 7.67. The molecule has 2 aromatic heterocycles. The van der Waals surface area contributed by atoms with E-state index in [0.717, 1.165) is 38.7 Å². The smallest absolute Gasteiger partial charge is 0.265 e. The van der Waals surface area contributed by atoms with Gasteiger partial charge < -0.3 is 4.57 Å². The van der Waals surface area contributed by atoms with Crippen molar-refractivity contribution in [3.63, 3.8) is 0 Å². The third kappa shape index (κ3) is 3.59. The van der Waals surface area contributed by atoms with E-state index in [1.54, 1.807) is 6.21 Å². The topological polar surface area (TPSA) is 68.0 Å². The van der Waals surface area contributed by atoms with Gasteiger partial charge in [-0.25, -0.2) is 5.43 Å². The maximum Gasteiger partial charge on any atom is 0.265 e. The summed E-state index contributed by atoms with van der Waals surface area (Å²) in [5.41, 5.74) is 6.63. The minimum Gasteiger partial charge on any atom is -0.324 e. The number of aromatic nitrogens is 4. The number of nitrogens with zero attached hydrogens (tertiary/aromatic N) is 5. The molecule has 2 aromatic carbocycles. The van der Waals surface area contributed by atoms with E-state index in [4.69, 9.17) is 0 Å². The first-order valence-electron chi connectivity index (χ1n) is 8.59. The van der Waals surface area contributed by atoms with Crippen molar-refractivity contribution in [1.29, 1.82) is 0 Å². The number of nitrogens with one attached hydrogen (secondary N) is 1. The van der Waals surface area contributed by atoms with Crippen LogP contribution in [0, 0.1) is 0 Å². The lowest BCUT2D eigenvalue weighted by atomic mass is 10.2. The summed E-state index contributed by atoms with van der Waals surface area (Å²) in [6.07, 6.45) is 3.64. The van der Waals surface area contributed by atoms with Crippen LogP contribution in [0.1, 0.15) is 12.5 Å². The second-order valence-corrected chi connectivity index (χ2v) is 6.79. The summed E-state index contributed by atoms with van der Waals surface area (Å²) < 4.78 is 2.96. The highest BCUT2D eigenvalue weighted by Crippen LogP contribution is 2.26. The van der Waals surface area contributed by atoms with Crippen LogP contribution in [-0.2, 0) is 6.54 Å². The summed E-state index contributed by atoms with van der Waals surface area (Å²) >= 11 is 3.49. The lowest BCUT2D eigenvalue weighted by Crippen LogP contribution is -2.02. The monoisotopic (exact) mass is 420 g/mol. The van der Waals surface area contributed by atoms with Crippen molar-refractivity contribution in [1.82, 2.24) is 19.7 Å². The fourth-order valence-electron chi connectivity index (χ4n) is 2.97. The molecule has 134 valence electrons. The predicted octanol–water partition coefficient (Wildman–Crippen LogP) is 4.83. The molecule has 0 unspecified atom stereocenters. The number of halogens is 1. The van der Waals surface area contributed by atoms with Crippen molar-refractivity contribution in [2.24, 2.45) is 5.10 Å². The Morgan fingerprint density at radius 3 is 2.70 bits per heavy atom. The molecular formula is C20H17BrN6. The van der Waals surface area contributed by atoms with Crippen LogP contribution in [0.5, 0.6) is 0 Å². The molecule has 2 heterocycles. The fraction of sp³-hybridized carbons (Fsp3) is 0.100. The highest BCUT2D eigenvalue weighted by atomic mass is 79.9. The van der Waals surface area contributed by atoms with E-state index in [1.165, 1.54) is 0 Å². The van der Waals surface area contributed by atoms with Crippen molar-refractivity contribution >= 4 is 56.2 Å². The van der Waals surface area contributed by atoms with E-state index in [1.807, 2.05) is 54.6 Å². The van der Waals surface area contributed by atoms with E-state index in [-0.39, 0.29) is 0 Å². The standard InChI is InChI=1S/C20H17BrN6/c1-2-27-17-11-7-6-10-16(17)18-19(27)23-20(26-24-18)25-22-13-15(21)12-14-8-4-3-5-9-14/h3-13H,2H2,1H3,(H,23,25,26)/b15-12-,22-13-. The molecular weight excluding hydrogens is 404 g/mol. The third-order valence-corrected chi connectivity index (χ3v) is 4.58. The third-order valence-electron chi connectivity index (χ3n) is 4.15. The van der Waals surface area contributed by atoms with Gasteiger partial charge in [0.25, 0.3) is 5.95 Å². The Balaban J connectivity index is 1.59. The highest BCUT2D eigenvalue weighted by molar-refractivity contribution is 9.12. The molecule has 7 heteroatoms. The molecule has 0 aliphatic heterocycles. The number of hydrogen-bond acceptors (Lipinski definition) is 5. The second-order valence-electron chi connectivity index (χ2n) is 5.88. The molecule has 0 bridgehead atoms. The molecule has 0 aliphatic carbocycles. The van der Waals surface area contributed by atoms with E-state index in [2.05, 4.69) is 59.2 Å². The van der Waals surface area contributed by atoms with Gasteiger partial charge in [-0.1, -0.05) is 48.5 Å². The summed E-state index contributed by atoms with van der Waals surface area (Å²) in [7, 11) is 0. The van der Waals surface area contributed by atoms with Crippen LogP contribution >= 0.6 is 15.9 Å². The Kier molecular flexibility index (Phi) is 4.93. The summed E-state index contributed by atoms with van der Waals surface area (Å²) in [6, 6.07) is 18.1. The van der Waals surface area contributed by atoms with E-state index in [9.17, 15) is 0 Å². The molecule has 0 spiro atoms. The van der Waals surface area contributed by atoms with Crippen LogP contribution in [0.2, 0.25) is 0 Å². The number of benzene rings is 2. The van der Waals surface area contributed by atoms with Gasteiger partial charge >= 0.3 is 0 Å². The SMILES string of the molecule is CCn1c2ccccc2c2nnc(N/N=C\C(Br)=C\c3ccccc3)nc21. The van der Waals surface area contributed by atoms with Crippen molar-refractivity contribution in [3.05, 3.63) is 64.6 Å². The maximum absolute atomic E-state index is 4.59. The number of anilines is 1. The Labute approximate surface area is 164 Å². The number of allylic oxidation sites excluding steroid dienone is 1. The number of fused-ring (bicyclic) bond motifs is 3. The molecule has 27 heavy (non-hydrogen) atoms. The molecule has 6 nitrogen and oxygen atoms in total.